The number of hydrogen-bond acceptors (Lipinski definition) is 5. The van der Waals surface area contributed by atoms with Gasteiger partial charge in [-0.3, -0.25) is 9.59 Å². The molecule has 2 amide bonds. The van der Waals surface area contributed by atoms with Crippen molar-refractivity contribution in [3.8, 4) is 0 Å². The smallest absolute Gasteiger partial charge is 0.312 e. The molecule has 0 radical (unpaired) electrons. The molecule has 0 saturated carbocycles. The fraction of sp³-hybridized carbons (Fsp3) is 0.818. The van der Waals surface area contributed by atoms with E-state index in [1.54, 1.807) is 6.92 Å². The maximum atomic E-state index is 12.1. The second kappa shape index (κ2) is 5.46. The maximum absolute atomic E-state index is 12.1. The zero-order valence-electron chi connectivity index (χ0n) is 11.0. The lowest BCUT2D eigenvalue weighted by Gasteiger charge is -2.35. The lowest BCUT2D eigenvalue weighted by molar-refractivity contribution is -0.153. The molecule has 1 N–H and O–H groups in total. The summed E-state index contributed by atoms with van der Waals surface area (Å²) in [6.45, 7) is 4.18. The number of piperazine rings is 1. The molecule has 2 aliphatic heterocycles. The van der Waals surface area contributed by atoms with Crippen LogP contribution in [0.5, 0.6) is 0 Å². The van der Waals surface area contributed by atoms with Crippen molar-refractivity contribution in [3.63, 3.8) is 0 Å². The monoisotopic (exact) mass is 289 g/mol. The molecule has 7 nitrogen and oxygen atoms in total. The fourth-order valence-corrected chi connectivity index (χ4v) is 3.98. The molecule has 2 rings (SSSR count). The first-order valence-electron chi connectivity index (χ1n) is 6.42. The van der Waals surface area contributed by atoms with Crippen LogP contribution in [0, 0.1) is 0 Å². The highest BCUT2D eigenvalue weighted by molar-refractivity contribution is 7.91. The summed E-state index contributed by atoms with van der Waals surface area (Å²) >= 11 is 0. The molecule has 0 aromatic rings. The normalized spacial score (nSPS) is 27.1. The van der Waals surface area contributed by atoms with Gasteiger partial charge in [0.2, 0.25) is 0 Å². The van der Waals surface area contributed by atoms with Gasteiger partial charge in [0.15, 0.2) is 9.84 Å². The van der Waals surface area contributed by atoms with Gasteiger partial charge >= 0.3 is 11.8 Å². The molecule has 19 heavy (non-hydrogen) atoms. The molecule has 2 fully saturated rings. The lowest BCUT2D eigenvalue weighted by atomic mass is 10.2. The third-order valence-corrected chi connectivity index (χ3v) is 5.31. The molecular formula is C11H19N3O4S. The Bertz CT molecular complexity index is 470. The van der Waals surface area contributed by atoms with Gasteiger partial charge in [-0.1, -0.05) is 0 Å². The molecule has 2 heterocycles. The Balaban J connectivity index is 2.01. The highest BCUT2D eigenvalue weighted by atomic mass is 32.2. The number of nitrogens with zero attached hydrogens (tertiary/aromatic N) is 2. The summed E-state index contributed by atoms with van der Waals surface area (Å²) in [5, 5.41) is 3.11. The van der Waals surface area contributed by atoms with Crippen molar-refractivity contribution in [3.05, 3.63) is 0 Å². The highest BCUT2D eigenvalue weighted by Gasteiger charge is 2.35. The van der Waals surface area contributed by atoms with Crippen LogP contribution in [0.1, 0.15) is 6.92 Å². The van der Waals surface area contributed by atoms with E-state index in [0.29, 0.717) is 26.2 Å². The number of nitrogens with one attached hydrogen (secondary N) is 1. The minimum atomic E-state index is -3.08. The van der Waals surface area contributed by atoms with Crippen molar-refractivity contribution in [2.45, 2.75) is 13.0 Å². The van der Waals surface area contributed by atoms with Crippen molar-refractivity contribution < 1.29 is 18.0 Å². The van der Waals surface area contributed by atoms with Crippen LogP contribution in [0.4, 0.5) is 0 Å². The summed E-state index contributed by atoms with van der Waals surface area (Å²) in [5.74, 6) is -1.22. The maximum Gasteiger partial charge on any atom is 0.312 e. The Kier molecular flexibility index (Phi) is 4.10. The Hall–Kier alpha value is -1.15. The second-order valence-electron chi connectivity index (χ2n) is 5.00. The molecule has 1 atom stereocenters. The van der Waals surface area contributed by atoms with E-state index in [1.165, 1.54) is 9.80 Å². The number of carbonyl (C=O) groups excluding carboxylic acids is 2. The largest absolute Gasteiger partial charge is 0.332 e. The first-order valence-corrected chi connectivity index (χ1v) is 8.24. The van der Waals surface area contributed by atoms with Crippen molar-refractivity contribution in [1.29, 1.82) is 0 Å². The van der Waals surface area contributed by atoms with Crippen LogP contribution in [0.2, 0.25) is 0 Å². The average molecular weight is 289 g/mol. The highest BCUT2D eigenvalue weighted by Crippen LogP contribution is 2.12. The molecule has 2 saturated heterocycles. The van der Waals surface area contributed by atoms with Gasteiger partial charge in [0.25, 0.3) is 0 Å². The van der Waals surface area contributed by atoms with E-state index in [4.69, 9.17) is 0 Å². The van der Waals surface area contributed by atoms with Gasteiger partial charge < -0.3 is 15.1 Å². The third-order valence-electron chi connectivity index (χ3n) is 3.52. The number of sulfone groups is 1. The van der Waals surface area contributed by atoms with E-state index >= 15 is 0 Å². The van der Waals surface area contributed by atoms with Crippen molar-refractivity contribution in [2.75, 3.05) is 44.2 Å². The summed E-state index contributed by atoms with van der Waals surface area (Å²) in [4.78, 5) is 27.1. The van der Waals surface area contributed by atoms with Crippen LogP contribution in [-0.4, -0.2) is 80.3 Å². The van der Waals surface area contributed by atoms with Gasteiger partial charge in [0.1, 0.15) is 0 Å². The standard InChI is InChI=1S/C11H19N3O4S/c1-9-8-19(17,18)7-6-14(9)11(16)10(15)13-4-2-12-3-5-13/h9,12H,2-8H2,1H3. The van der Waals surface area contributed by atoms with E-state index in [0.717, 1.165) is 0 Å². The number of amides is 2. The van der Waals surface area contributed by atoms with Gasteiger partial charge in [0, 0.05) is 38.8 Å². The van der Waals surface area contributed by atoms with Crippen LogP contribution in [0.3, 0.4) is 0 Å². The molecule has 1 unspecified atom stereocenters. The van der Waals surface area contributed by atoms with E-state index in [9.17, 15) is 18.0 Å². The summed E-state index contributed by atoms with van der Waals surface area (Å²) < 4.78 is 22.9. The van der Waals surface area contributed by atoms with Crippen LogP contribution >= 0.6 is 0 Å². The predicted octanol–water partition coefficient (Wildman–Crippen LogP) is -1.94. The molecule has 0 aliphatic carbocycles. The molecule has 108 valence electrons. The number of rotatable bonds is 0. The molecule has 8 heteroatoms. The van der Waals surface area contributed by atoms with Crippen LogP contribution < -0.4 is 5.32 Å². The first-order chi connectivity index (χ1) is 8.91. The van der Waals surface area contributed by atoms with E-state index < -0.39 is 27.7 Å². The molecule has 0 spiro atoms. The number of hydrogen-bond donors (Lipinski definition) is 1. The summed E-state index contributed by atoms with van der Waals surface area (Å²) in [6, 6.07) is -0.432. The summed E-state index contributed by atoms with van der Waals surface area (Å²) in [6.07, 6.45) is 0. The van der Waals surface area contributed by atoms with Crippen LogP contribution in [0.15, 0.2) is 0 Å². The minimum absolute atomic E-state index is 0.0576. The Morgan fingerprint density at radius 1 is 1.11 bits per heavy atom. The van der Waals surface area contributed by atoms with Crippen molar-refractivity contribution in [2.24, 2.45) is 0 Å². The van der Waals surface area contributed by atoms with Gasteiger partial charge in [-0.25, -0.2) is 8.42 Å². The Labute approximate surface area is 112 Å². The zero-order chi connectivity index (χ0) is 14.0. The van der Waals surface area contributed by atoms with Gasteiger partial charge in [0.05, 0.1) is 11.5 Å². The summed E-state index contributed by atoms with van der Waals surface area (Å²) in [7, 11) is -3.08. The van der Waals surface area contributed by atoms with Gasteiger partial charge in [-0.2, -0.15) is 0 Å². The molecule has 2 aliphatic rings. The van der Waals surface area contributed by atoms with Crippen molar-refractivity contribution in [1.82, 2.24) is 15.1 Å². The van der Waals surface area contributed by atoms with Crippen LogP contribution in [-0.2, 0) is 19.4 Å². The predicted molar refractivity (Wildman–Crippen MR) is 69.3 cm³/mol. The number of carbonyl (C=O) groups is 2. The topological polar surface area (TPSA) is 86.8 Å². The quantitative estimate of drug-likeness (QED) is 0.525. The average Bonchev–Trinajstić information content (AvgIpc) is 2.37. The van der Waals surface area contributed by atoms with Crippen molar-refractivity contribution >= 4 is 21.7 Å². The lowest BCUT2D eigenvalue weighted by Crippen LogP contribution is -2.57. The molecule has 0 aromatic carbocycles. The van der Waals surface area contributed by atoms with E-state index in [2.05, 4.69) is 5.32 Å². The minimum Gasteiger partial charge on any atom is -0.332 e. The summed E-state index contributed by atoms with van der Waals surface area (Å²) in [5.41, 5.74) is 0. The van der Waals surface area contributed by atoms with E-state index in [-0.39, 0.29) is 18.1 Å². The third kappa shape index (κ3) is 3.24. The molecule has 0 bridgehead atoms. The SMILES string of the molecule is CC1CS(=O)(=O)CCN1C(=O)C(=O)N1CCNCC1. The fourth-order valence-electron chi connectivity index (χ4n) is 2.43. The zero-order valence-corrected chi connectivity index (χ0v) is 11.8. The first kappa shape index (κ1) is 14.3. The second-order valence-corrected chi connectivity index (χ2v) is 7.23. The molecule has 0 aromatic heterocycles. The Morgan fingerprint density at radius 2 is 1.74 bits per heavy atom. The van der Waals surface area contributed by atoms with Crippen LogP contribution in [0.25, 0.3) is 0 Å². The molecular weight excluding hydrogens is 270 g/mol. The van der Waals surface area contributed by atoms with E-state index in [1.807, 2.05) is 0 Å². The van der Waals surface area contributed by atoms with Gasteiger partial charge in [-0.15, -0.1) is 0 Å². The Morgan fingerprint density at radius 3 is 2.32 bits per heavy atom. The van der Waals surface area contributed by atoms with Gasteiger partial charge in [-0.05, 0) is 6.92 Å².